The minimum absolute atomic E-state index is 1.02. The lowest BCUT2D eigenvalue weighted by Crippen LogP contribution is -2.09. The molecule has 0 aliphatic carbocycles. The molecule has 8 aromatic rings. The van der Waals surface area contributed by atoms with E-state index < -0.39 is 0 Å². The Hall–Kier alpha value is -4.99. The zero-order valence-electron chi connectivity index (χ0n) is 21.7. The lowest BCUT2D eigenvalue weighted by atomic mass is 9.98. The van der Waals surface area contributed by atoms with Crippen molar-refractivity contribution in [2.75, 3.05) is 4.90 Å². The highest BCUT2D eigenvalue weighted by Crippen LogP contribution is 2.43. The summed E-state index contributed by atoms with van der Waals surface area (Å²) in [6.45, 7) is 0. The smallest absolute Gasteiger partial charge is 0.0788 e. The third-order valence-electron chi connectivity index (χ3n) is 7.64. The number of rotatable bonds is 4. The van der Waals surface area contributed by atoms with Crippen LogP contribution < -0.4 is 4.90 Å². The first-order chi connectivity index (χ1) is 19.8. The average molecular weight is 529 g/mol. The highest BCUT2D eigenvalue weighted by molar-refractivity contribution is 7.26. The third kappa shape index (κ3) is 3.67. The van der Waals surface area contributed by atoms with Crippen LogP contribution in [0.15, 0.2) is 146 Å². The summed E-state index contributed by atoms with van der Waals surface area (Å²) in [5, 5.41) is 6.31. The van der Waals surface area contributed by atoms with Crippen molar-refractivity contribution in [3.05, 3.63) is 146 Å². The minimum Gasteiger partial charge on any atom is -0.311 e. The van der Waals surface area contributed by atoms with Gasteiger partial charge in [-0.3, -0.25) is 0 Å². The molecule has 0 bridgehead atoms. The van der Waals surface area contributed by atoms with E-state index in [1.807, 2.05) is 11.3 Å². The Labute approximate surface area is 236 Å². The number of hydrogen-bond acceptors (Lipinski definition) is 3. The van der Waals surface area contributed by atoms with Crippen LogP contribution in [0.4, 0.5) is 17.1 Å². The standard InChI is InChI=1S/C37H24N2S/c1-3-11-26(12-4-1)39(27-13-5-2-6-14-27)28-21-19-25(20-22-28)36-32-24-23-30-29-15-8-10-18-34(29)40-37(30)35(32)31-16-7-9-17-33(31)38-36/h1-24H. The molecule has 0 radical (unpaired) electrons. The fourth-order valence-electron chi connectivity index (χ4n) is 5.81. The maximum absolute atomic E-state index is 5.22. The zero-order chi connectivity index (χ0) is 26.5. The molecule has 2 heterocycles. The molecule has 0 N–H and O–H groups in total. The lowest BCUT2D eigenvalue weighted by Gasteiger charge is -2.25. The Bertz CT molecular complexity index is 2110. The first-order valence-electron chi connectivity index (χ1n) is 13.5. The van der Waals surface area contributed by atoms with Gasteiger partial charge in [-0.15, -0.1) is 11.3 Å². The Kier molecular flexibility index (Phi) is 5.35. The van der Waals surface area contributed by atoms with Gasteiger partial charge in [-0.1, -0.05) is 97.1 Å². The summed E-state index contributed by atoms with van der Waals surface area (Å²) in [6.07, 6.45) is 0. The molecule has 0 spiro atoms. The summed E-state index contributed by atoms with van der Waals surface area (Å²) >= 11 is 1.88. The normalized spacial score (nSPS) is 11.5. The quantitative estimate of drug-likeness (QED) is 0.211. The van der Waals surface area contributed by atoms with Gasteiger partial charge >= 0.3 is 0 Å². The second kappa shape index (κ2) is 9.33. The summed E-state index contributed by atoms with van der Waals surface area (Å²) in [4.78, 5) is 7.50. The molecule has 2 nitrogen and oxygen atoms in total. The Balaban J connectivity index is 1.33. The Morgan fingerprint density at radius 1 is 0.450 bits per heavy atom. The van der Waals surface area contributed by atoms with E-state index in [1.54, 1.807) is 0 Å². The van der Waals surface area contributed by atoms with Crippen molar-refractivity contribution < 1.29 is 0 Å². The molecule has 0 atom stereocenters. The van der Waals surface area contributed by atoms with E-state index in [0.717, 1.165) is 33.8 Å². The molecule has 40 heavy (non-hydrogen) atoms. The molecule has 0 unspecified atom stereocenters. The van der Waals surface area contributed by atoms with Crippen LogP contribution in [0, 0.1) is 0 Å². The molecule has 3 heteroatoms. The molecule has 0 aliphatic rings. The lowest BCUT2D eigenvalue weighted by molar-refractivity contribution is 1.28. The maximum atomic E-state index is 5.22. The SMILES string of the molecule is c1ccc(N(c2ccccc2)c2ccc(-c3nc4ccccc4c4c3ccc3c5ccccc5sc34)cc2)cc1. The molecule has 0 amide bonds. The topological polar surface area (TPSA) is 16.1 Å². The van der Waals surface area contributed by atoms with E-state index >= 15 is 0 Å². The fraction of sp³-hybridized carbons (Fsp3) is 0. The number of fused-ring (bicyclic) bond motifs is 7. The van der Waals surface area contributed by atoms with Gasteiger partial charge in [-0.05, 0) is 48.5 Å². The van der Waals surface area contributed by atoms with Gasteiger partial charge in [0.15, 0.2) is 0 Å². The van der Waals surface area contributed by atoms with E-state index in [-0.39, 0.29) is 0 Å². The molecule has 0 fully saturated rings. The van der Waals surface area contributed by atoms with Gasteiger partial charge in [-0.2, -0.15) is 0 Å². The number of pyridine rings is 1. The van der Waals surface area contributed by atoms with Crippen LogP contribution in [0.2, 0.25) is 0 Å². The molecule has 0 aliphatic heterocycles. The van der Waals surface area contributed by atoms with Gasteiger partial charge in [-0.25, -0.2) is 4.98 Å². The number of benzene rings is 6. The average Bonchev–Trinajstić information content (AvgIpc) is 3.41. The second-order valence-electron chi connectivity index (χ2n) is 9.99. The maximum Gasteiger partial charge on any atom is 0.0788 e. The number of nitrogens with zero attached hydrogens (tertiary/aromatic N) is 2. The van der Waals surface area contributed by atoms with Gasteiger partial charge in [0, 0.05) is 59.0 Å². The summed E-state index contributed by atoms with van der Waals surface area (Å²) in [5.41, 5.74) is 6.52. The van der Waals surface area contributed by atoms with Gasteiger partial charge < -0.3 is 4.90 Å². The van der Waals surface area contributed by atoms with Gasteiger partial charge in [0.05, 0.1) is 11.2 Å². The molecule has 6 aromatic carbocycles. The first-order valence-corrected chi connectivity index (χ1v) is 14.3. The summed E-state index contributed by atoms with van der Waals surface area (Å²) in [5.74, 6) is 0. The minimum atomic E-state index is 1.02. The molecule has 2 aromatic heterocycles. The number of anilines is 3. The number of para-hydroxylation sites is 3. The fourth-order valence-corrected chi connectivity index (χ4v) is 7.07. The van der Waals surface area contributed by atoms with Crippen molar-refractivity contribution in [3.8, 4) is 11.3 Å². The van der Waals surface area contributed by atoms with E-state index in [9.17, 15) is 0 Å². The van der Waals surface area contributed by atoms with E-state index in [4.69, 9.17) is 4.98 Å². The van der Waals surface area contributed by atoms with Crippen LogP contribution in [0.3, 0.4) is 0 Å². The molecule has 8 rings (SSSR count). The van der Waals surface area contributed by atoms with Gasteiger partial charge in [0.2, 0.25) is 0 Å². The number of aromatic nitrogens is 1. The molecule has 0 saturated carbocycles. The Morgan fingerprint density at radius 3 is 1.75 bits per heavy atom. The van der Waals surface area contributed by atoms with Gasteiger partial charge in [0.1, 0.15) is 0 Å². The molecule has 0 saturated heterocycles. The summed E-state index contributed by atoms with van der Waals surface area (Å²) < 4.78 is 2.65. The molecule has 188 valence electrons. The van der Waals surface area contributed by atoms with Crippen molar-refractivity contribution in [2.45, 2.75) is 0 Å². The third-order valence-corrected chi connectivity index (χ3v) is 8.84. The largest absolute Gasteiger partial charge is 0.311 e. The summed E-state index contributed by atoms with van der Waals surface area (Å²) in [6, 6.07) is 51.6. The van der Waals surface area contributed by atoms with Crippen LogP contribution >= 0.6 is 11.3 Å². The van der Waals surface area contributed by atoms with Crippen LogP contribution in [0.25, 0.3) is 53.1 Å². The van der Waals surface area contributed by atoms with Gasteiger partial charge in [0.25, 0.3) is 0 Å². The van der Waals surface area contributed by atoms with E-state index in [0.29, 0.717) is 0 Å². The second-order valence-corrected chi connectivity index (χ2v) is 11.0. The first kappa shape index (κ1) is 22.9. The predicted octanol–water partition coefficient (Wildman–Crippen LogP) is 10.9. The molecular weight excluding hydrogens is 504 g/mol. The number of thiophene rings is 1. The van der Waals surface area contributed by atoms with E-state index in [1.165, 1.54) is 36.3 Å². The van der Waals surface area contributed by atoms with E-state index in [2.05, 4.69) is 150 Å². The Morgan fingerprint density at radius 2 is 1.02 bits per heavy atom. The monoisotopic (exact) mass is 528 g/mol. The van der Waals surface area contributed by atoms with Crippen molar-refractivity contribution >= 4 is 70.2 Å². The summed E-state index contributed by atoms with van der Waals surface area (Å²) in [7, 11) is 0. The molecular formula is C37H24N2S. The van der Waals surface area contributed by atoms with Crippen molar-refractivity contribution in [3.63, 3.8) is 0 Å². The van der Waals surface area contributed by atoms with Crippen molar-refractivity contribution in [2.24, 2.45) is 0 Å². The highest BCUT2D eigenvalue weighted by Gasteiger charge is 2.17. The van der Waals surface area contributed by atoms with Crippen LogP contribution in [-0.4, -0.2) is 4.98 Å². The number of hydrogen-bond donors (Lipinski definition) is 0. The van der Waals surface area contributed by atoms with Crippen molar-refractivity contribution in [1.82, 2.24) is 4.98 Å². The highest BCUT2D eigenvalue weighted by atomic mass is 32.1. The zero-order valence-corrected chi connectivity index (χ0v) is 22.5. The van der Waals surface area contributed by atoms with Crippen LogP contribution in [0.5, 0.6) is 0 Å². The van der Waals surface area contributed by atoms with Crippen LogP contribution in [-0.2, 0) is 0 Å². The predicted molar refractivity (Wildman–Crippen MR) is 172 cm³/mol. The van der Waals surface area contributed by atoms with Crippen LogP contribution in [0.1, 0.15) is 0 Å². The van der Waals surface area contributed by atoms with Crippen molar-refractivity contribution in [1.29, 1.82) is 0 Å².